The molecule has 1 fully saturated rings. The van der Waals surface area contributed by atoms with Crippen molar-refractivity contribution in [2.24, 2.45) is 0 Å². The number of nitrogens with zero attached hydrogens (tertiary/aromatic N) is 2. The Labute approximate surface area is 118 Å². The first kappa shape index (κ1) is 14.5. The van der Waals surface area contributed by atoms with Crippen LogP contribution in [0.15, 0.2) is 18.2 Å². The maximum atomic E-state index is 13.0. The van der Waals surface area contributed by atoms with E-state index in [0.717, 1.165) is 25.9 Å². The van der Waals surface area contributed by atoms with Crippen molar-refractivity contribution in [3.63, 3.8) is 0 Å². The smallest absolute Gasteiger partial charge is 0.254 e. The average molecular weight is 278 g/mol. The van der Waals surface area contributed by atoms with Gasteiger partial charge >= 0.3 is 0 Å². The molecule has 1 heterocycles. The van der Waals surface area contributed by atoms with E-state index in [-0.39, 0.29) is 24.2 Å². The number of benzene rings is 1. The highest BCUT2D eigenvalue weighted by Crippen LogP contribution is 2.13. The Hall–Kier alpha value is -1.91. The zero-order chi connectivity index (χ0) is 14.7. The van der Waals surface area contributed by atoms with E-state index in [4.69, 9.17) is 0 Å². The Morgan fingerprint density at radius 3 is 2.55 bits per heavy atom. The molecule has 0 radical (unpaired) electrons. The number of likely N-dealkylation sites (N-methyl/N-ethyl adjacent to an activating group) is 1. The number of hydrogen-bond acceptors (Lipinski definition) is 2. The molecule has 0 aliphatic carbocycles. The molecular weight excluding hydrogens is 259 g/mol. The fraction of sp³-hybridized carbons (Fsp3) is 0.467. The summed E-state index contributed by atoms with van der Waals surface area (Å²) in [6.07, 6.45) is 2.06. The number of amides is 2. The minimum absolute atomic E-state index is 0.0295. The van der Waals surface area contributed by atoms with E-state index in [1.807, 2.05) is 0 Å². The van der Waals surface area contributed by atoms with Crippen LogP contribution in [0.1, 0.15) is 28.8 Å². The molecule has 4 nitrogen and oxygen atoms in total. The summed E-state index contributed by atoms with van der Waals surface area (Å²) in [5.74, 6) is -0.650. The molecule has 1 aromatic carbocycles. The number of carbonyl (C=O) groups is 2. The first-order valence-electron chi connectivity index (χ1n) is 6.78. The van der Waals surface area contributed by atoms with Crippen LogP contribution in [0.5, 0.6) is 0 Å². The summed E-state index contributed by atoms with van der Waals surface area (Å²) < 4.78 is 13.0. The Morgan fingerprint density at radius 2 is 1.95 bits per heavy atom. The van der Waals surface area contributed by atoms with Crippen molar-refractivity contribution >= 4 is 11.8 Å². The molecule has 5 heteroatoms. The monoisotopic (exact) mass is 278 g/mol. The van der Waals surface area contributed by atoms with Crippen molar-refractivity contribution < 1.29 is 14.0 Å². The summed E-state index contributed by atoms with van der Waals surface area (Å²) >= 11 is 0. The predicted octanol–water partition coefficient (Wildman–Crippen LogP) is 1.83. The normalized spacial score (nSPS) is 14.4. The van der Waals surface area contributed by atoms with E-state index < -0.39 is 0 Å². The summed E-state index contributed by atoms with van der Waals surface area (Å²) in [4.78, 5) is 27.4. The molecule has 0 bridgehead atoms. The first-order chi connectivity index (χ1) is 9.49. The van der Waals surface area contributed by atoms with Crippen LogP contribution in [0.25, 0.3) is 0 Å². The van der Waals surface area contributed by atoms with Crippen LogP contribution in [0, 0.1) is 12.7 Å². The summed E-state index contributed by atoms with van der Waals surface area (Å²) in [5.41, 5.74) is 1.01. The molecule has 1 aliphatic rings. The Bertz CT molecular complexity index is 525. The van der Waals surface area contributed by atoms with E-state index in [1.54, 1.807) is 18.9 Å². The van der Waals surface area contributed by atoms with Crippen molar-refractivity contribution in [3.05, 3.63) is 35.1 Å². The summed E-state index contributed by atoms with van der Waals surface area (Å²) in [6.45, 7) is 3.30. The minimum atomic E-state index is -0.366. The second-order valence-corrected chi connectivity index (χ2v) is 5.21. The Morgan fingerprint density at radius 1 is 1.30 bits per heavy atom. The second-order valence-electron chi connectivity index (χ2n) is 5.21. The van der Waals surface area contributed by atoms with Gasteiger partial charge in [-0.3, -0.25) is 9.59 Å². The topological polar surface area (TPSA) is 40.6 Å². The maximum absolute atomic E-state index is 13.0. The van der Waals surface area contributed by atoms with Gasteiger partial charge < -0.3 is 9.80 Å². The molecular formula is C15H19FN2O2. The highest BCUT2D eigenvalue weighted by atomic mass is 19.1. The lowest BCUT2D eigenvalue weighted by molar-refractivity contribution is -0.130. The number of carbonyl (C=O) groups excluding carboxylic acids is 2. The SMILES string of the molecule is Cc1cc(F)ccc1C(=O)N(C)CC(=O)N1CCCC1. The summed E-state index contributed by atoms with van der Waals surface area (Å²) in [7, 11) is 1.60. The standard InChI is InChI=1S/C15H19FN2O2/c1-11-9-12(16)5-6-13(11)15(20)17(2)10-14(19)18-7-3-4-8-18/h5-6,9H,3-4,7-8,10H2,1-2H3. The fourth-order valence-corrected chi connectivity index (χ4v) is 2.41. The van der Waals surface area contributed by atoms with Gasteiger partial charge in [0.25, 0.3) is 5.91 Å². The molecule has 20 heavy (non-hydrogen) atoms. The van der Waals surface area contributed by atoms with Gasteiger partial charge in [-0.05, 0) is 43.5 Å². The zero-order valence-corrected chi connectivity index (χ0v) is 11.9. The molecule has 1 aromatic rings. The number of halogens is 1. The first-order valence-corrected chi connectivity index (χ1v) is 6.78. The lowest BCUT2D eigenvalue weighted by Gasteiger charge is -2.22. The van der Waals surface area contributed by atoms with Crippen molar-refractivity contribution in [1.29, 1.82) is 0 Å². The molecule has 1 saturated heterocycles. The van der Waals surface area contributed by atoms with Crippen LogP contribution >= 0.6 is 0 Å². The van der Waals surface area contributed by atoms with E-state index in [1.165, 1.54) is 23.1 Å². The third kappa shape index (κ3) is 3.15. The Balaban J connectivity index is 2.02. The van der Waals surface area contributed by atoms with Gasteiger partial charge in [-0.2, -0.15) is 0 Å². The fourth-order valence-electron chi connectivity index (χ4n) is 2.41. The predicted molar refractivity (Wildman–Crippen MR) is 73.9 cm³/mol. The van der Waals surface area contributed by atoms with Crippen LogP contribution in [0.3, 0.4) is 0 Å². The van der Waals surface area contributed by atoms with E-state index in [9.17, 15) is 14.0 Å². The van der Waals surface area contributed by atoms with Gasteiger partial charge in [-0.15, -0.1) is 0 Å². The molecule has 0 unspecified atom stereocenters. The van der Waals surface area contributed by atoms with Gasteiger partial charge in [-0.1, -0.05) is 0 Å². The highest BCUT2D eigenvalue weighted by Gasteiger charge is 2.22. The van der Waals surface area contributed by atoms with E-state index in [2.05, 4.69) is 0 Å². The van der Waals surface area contributed by atoms with Crippen LogP contribution < -0.4 is 0 Å². The van der Waals surface area contributed by atoms with Gasteiger partial charge in [0.05, 0.1) is 6.54 Å². The summed E-state index contributed by atoms with van der Waals surface area (Å²) in [5, 5.41) is 0. The molecule has 2 amide bonds. The molecule has 0 spiro atoms. The second kappa shape index (κ2) is 6.03. The van der Waals surface area contributed by atoms with Gasteiger partial charge in [-0.25, -0.2) is 4.39 Å². The molecule has 1 aliphatic heterocycles. The van der Waals surface area contributed by atoms with Crippen molar-refractivity contribution in [2.75, 3.05) is 26.7 Å². The van der Waals surface area contributed by atoms with Gasteiger partial charge in [0.2, 0.25) is 5.91 Å². The molecule has 0 saturated carbocycles. The largest absolute Gasteiger partial charge is 0.341 e. The lowest BCUT2D eigenvalue weighted by atomic mass is 10.1. The van der Waals surface area contributed by atoms with E-state index >= 15 is 0 Å². The van der Waals surface area contributed by atoms with Crippen molar-refractivity contribution in [2.45, 2.75) is 19.8 Å². The quantitative estimate of drug-likeness (QED) is 0.846. The van der Waals surface area contributed by atoms with Crippen LogP contribution in [0.4, 0.5) is 4.39 Å². The number of likely N-dealkylation sites (tertiary alicyclic amines) is 1. The van der Waals surface area contributed by atoms with E-state index in [0.29, 0.717) is 11.1 Å². The third-order valence-corrected chi connectivity index (χ3v) is 3.60. The summed E-state index contributed by atoms with van der Waals surface area (Å²) in [6, 6.07) is 4.05. The lowest BCUT2D eigenvalue weighted by Crippen LogP contribution is -2.40. The number of hydrogen-bond donors (Lipinski definition) is 0. The maximum Gasteiger partial charge on any atom is 0.254 e. The van der Waals surface area contributed by atoms with Crippen LogP contribution in [0.2, 0.25) is 0 Å². The molecule has 108 valence electrons. The van der Waals surface area contributed by atoms with Crippen LogP contribution in [-0.4, -0.2) is 48.3 Å². The average Bonchev–Trinajstić information content (AvgIpc) is 2.91. The molecule has 0 aromatic heterocycles. The van der Waals surface area contributed by atoms with Crippen LogP contribution in [-0.2, 0) is 4.79 Å². The van der Waals surface area contributed by atoms with Gasteiger partial charge in [0, 0.05) is 25.7 Å². The number of aryl methyl sites for hydroxylation is 1. The van der Waals surface area contributed by atoms with Gasteiger partial charge in [0.1, 0.15) is 5.82 Å². The van der Waals surface area contributed by atoms with Crippen molar-refractivity contribution in [3.8, 4) is 0 Å². The molecule has 2 rings (SSSR count). The van der Waals surface area contributed by atoms with Crippen molar-refractivity contribution in [1.82, 2.24) is 9.80 Å². The van der Waals surface area contributed by atoms with Gasteiger partial charge in [0.15, 0.2) is 0 Å². The Kier molecular flexibility index (Phi) is 4.37. The highest BCUT2D eigenvalue weighted by molar-refractivity contribution is 5.97. The zero-order valence-electron chi connectivity index (χ0n) is 11.9. The number of rotatable bonds is 3. The third-order valence-electron chi connectivity index (χ3n) is 3.60. The minimum Gasteiger partial charge on any atom is -0.341 e. The molecule has 0 N–H and O–H groups in total. The molecule has 0 atom stereocenters.